The molecule has 0 saturated carbocycles. The number of anilines is 1. The molecule has 0 aliphatic heterocycles. The molecule has 0 saturated heterocycles. The second-order valence-electron chi connectivity index (χ2n) is 6.01. The first kappa shape index (κ1) is 19.7. The zero-order valence-electron chi connectivity index (χ0n) is 14.7. The lowest BCUT2D eigenvalue weighted by molar-refractivity contribution is -0.118. The summed E-state index contributed by atoms with van der Waals surface area (Å²) >= 11 is 5.71. The van der Waals surface area contributed by atoms with Crippen molar-refractivity contribution in [1.82, 2.24) is 5.32 Å². The van der Waals surface area contributed by atoms with Crippen LogP contribution in [0.3, 0.4) is 0 Å². The largest absolute Gasteiger partial charge is 0.496 e. The fourth-order valence-corrected chi connectivity index (χ4v) is 2.55. The molecule has 2 rings (SSSR count). The fourth-order valence-electron chi connectivity index (χ4n) is 2.39. The highest BCUT2D eigenvalue weighted by Crippen LogP contribution is 2.20. The van der Waals surface area contributed by atoms with Crippen molar-refractivity contribution in [2.45, 2.75) is 19.9 Å². The van der Waals surface area contributed by atoms with Gasteiger partial charge in [-0.05, 0) is 36.2 Å². The highest BCUT2D eigenvalue weighted by Gasteiger charge is 2.26. The molecule has 1 atom stereocenters. The van der Waals surface area contributed by atoms with Gasteiger partial charge in [0.15, 0.2) is 0 Å². The van der Waals surface area contributed by atoms with E-state index < -0.39 is 23.7 Å². The van der Waals surface area contributed by atoms with Gasteiger partial charge in [0.05, 0.1) is 18.4 Å². The molecule has 2 aromatic rings. The average Bonchev–Trinajstić information content (AvgIpc) is 2.61. The van der Waals surface area contributed by atoms with E-state index in [2.05, 4.69) is 10.6 Å². The van der Waals surface area contributed by atoms with Crippen LogP contribution in [0.4, 0.5) is 10.1 Å². The maximum atomic E-state index is 13.9. The third kappa shape index (κ3) is 4.73. The highest BCUT2D eigenvalue weighted by molar-refractivity contribution is 6.30. The minimum atomic E-state index is -0.859. The molecule has 0 aliphatic carbocycles. The summed E-state index contributed by atoms with van der Waals surface area (Å²) in [4.78, 5) is 25.1. The van der Waals surface area contributed by atoms with Crippen molar-refractivity contribution in [1.29, 1.82) is 0 Å². The van der Waals surface area contributed by atoms with Crippen LogP contribution < -0.4 is 15.4 Å². The Balaban J connectivity index is 2.17. The predicted octanol–water partition coefficient (Wildman–Crippen LogP) is 3.88. The number of nitrogens with one attached hydrogen (secondary N) is 2. The number of methoxy groups -OCH3 is 1. The summed E-state index contributed by atoms with van der Waals surface area (Å²) in [6.45, 7) is 3.57. The van der Waals surface area contributed by atoms with Crippen LogP contribution in [0.5, 0.6) is 5.75 Å². The van der Waals surface area contributed by atoms with Crippen molar-refractivity contribution in [3.63, 3.8) is 0 Å². The zero-order chi connectivity index (χ0) is 19.3. The number of hydrogen-bond acceptors (Lipinski definition) is 3. The zero-order valence-corrected chi connectivity index (χ0v) is 15.4. The summed E-state index contributed by atoms with van der Waals surface area (Å²) < 4.78 is 19.1. The van der Waals surface area contributed by atoms with E-state index in [1.807, 2.05) is 0 Å². The topological polar surface area (TPSA) is 67.4 Å². The van der Waals surface area contributed by atoms with Gasteiger partial charge in [0.2, 0.25) is 5.91 Å². The van der Waals surface area contributed by atoms with Gasteiger partial charge in [0.25, 0.3) is 5.91 Å². The predicted molar refractivity (Wildman–Crippen MR) is 99.1 cm³/mol. The van der Waals surface area contributed by atoms with Crippen molar-refractivity contribution in [3.8, 4) is 5.75 Å². The van der Waals surface area contributed by atoms with Gasteiger partial charge < -0.3 is 15.4 Å². The summed E-state index contributed by atoms with van der Waals surface area (Å²) in [5, 5.41) is 5.39. The molecule has 0 heterocycles. The summed E-state index contributed by atoms with van der Waals surface area (Å²) in [5.74, 6) is -1.44. The number of carbonyl (C=O) groups is 2. The van der Waals surface area contributed by atoms with Crippen LogP contribution in [0.2, 0.25) is 5.02 Å². The van der Waals surface area contributed by atoms with Crippen LogP contribution in [0, 0.1) is 11.7 Å². The molecule has 0 fully saturated rings. The maximum absolute atomic E-state index is 13.9. The average molecular weight is 379 g/mol. The first-order valence-electron chi connectivity index (χ1n) is 8.03. The van der Waals surface area contributed by atoms with Gasteiger partial charge in [-0.3, -0.25) is 9.59 Å². The van der Waals surface area contributed by atoms with Gasteiger partial charge in [0, 0.05) is 5.02 Å². The van der Waals surface area contributed by atoms with E-state index in [4.69, 9.17) is 16.3 Å². The lowest BCUT2D eigenvalue weighted by Gasteiger charge is -2.22. The van der Waals surface area contributed by atoms with Crippen LogP contribution in [0.1, 0.15) is 24.2 Å². The Morgan fingerprint density at radius 3 is 2.46 bits per heavy atom. The monoisotopic (exact) mass is 378 g/mol. The summed E-state index contributed by atoms with van der Waals surface area (Å²) in [7, 11) is 1.46. The van der Waals surface area contributed by atoms with Crippen molar-refractivity contribution in [2.75, 3.05) is 12.4 Å². The van der Waals surface area contributed by atoms with Crippen LogP contribution in [0.15, 0.2) is 42.5 Å². The molecule has 138 valence electrons. The summed E-state index contributed by atoms with van der Waals surface area (Å²) in [6, 6.07) is 9.78. The molecule has 0 bridgehead atoms. The summed E-state index contributed by atoms with van der Waals surface area (Å²) in [6.07, 6.45) is 0. The van der Waals surface area contributed by atoms with E-state index in [1.165, 1.54) is 19.2 Å². The van der Waals surface area contributed by atoms with Crippen molar-refractivity contribution in [2.24, 2.45) is 5.92 Å². The number of rotatable bonds is 6. The molecule has 2 amide bonds. The van der Waals surface area contributed by atoms with Gasteiger partial charge in [-0.15, -0.1) is 0 Å². The molecular formula is C19H20ClFN2O3. The third-order valence-corrected chi connectivity index (χ3v) is 4.01. The van der Waals surface area contributed by atoms with Gasteiger partial charge in [0.1, 0.15) is 17.6 Å². The first-order valence-corrected chi connectivity index (χ1v) is 8.41. The van der Waals surface area contributed by atoms with Crippen LogP contribution >= 0.6 is 11.6 Å². The smallest absolute Gasteiger partial charge is 0.255 e. The molecular weight excluding hydrogens is 359 g/mol. The fraction of sp³-hybridized carbons (Fsp3) is 0.263. The van der Waals surface area contributed by atoms with Crippen LogP contribution in [-0.2, 0) is 4.79 Å². The molecule has 5 nitrogen and oxygen atoms in total. The Morgan fingerprint density at radius 1 is 1.15 bits per heavy atom. The normalized spacial score (nSPS) is 11.8. The number of benzene rings is 2. The Kier molecular flexibility index (Phi) is 6.58. The van der Waals surface area contributed by atoms with E-state index >= 15 is 0 Å². The molecule has 2 aromatic carbocycles. The second-order valence-corrected chi connectivity index (χ2v) is 6.45. The van der Waals surface area contributed by atoms with Gasteiger partial charge >= 0.3 is 0 Å². The molecule has 1 unspecified atom stereocenters. The number of carbonyl (C=O) groups excluding carboxylic acids is 2. The second kappa shape index (κ2) is 8.67. The van der Waals surface area contributed by atoms with Gasteiger partial charge in [-0.25, -0.2) is 4.39 Å². The molecule has 0 spiro atoms. The Morgan fingerprint density at radius 2 is 1.85 bits per heavy atom. The minimum absolute atomic E-state index is 0.00316. The van der Waals surface area contributed by atoms with Crippen molar-refractivity contribution in [3.05, 3.63) is 58.9 Å². The molecule has 7 heteroatoms. The SMILES string of the molecule is COc1ccccc1C(=O)NC(C(=O)Nc1ccc(Cl)cc1F)C(C)C. The molecule has 0 aromatic heterocycles. The number of ether oxygens (including phenoxy) is 1. The number of hydrogen-bond donors (Lipinski definition) is 2. The third-order valence-electron chi connectivity index (χ3n) is 3.78. The number of halogens is 2. The van der Waals surface area contributed by atoms with Crippen molar-refractivity contribution >= 4 is 29.1 Å². The lowest BCUT2D eigenvalue weighted by Crippen LogP contribution is -2.47. The van der Waals surface area contributed by atoms with E-state index in [1.54, 1.807) is 38.1 Å². The van der Waals surface area contributed by atoms with E-state index in [-0.39, 0.29) is 16.6 Å². The number of amides is 2. The van der Waals surface area contributed by atoms with Crippen molar-refractivity contribution < 1.29 is 18.7 Å². The Labute approximate surface area is 156 Å². The quantitative estimate of drug-likeness (QED) is 0.801. The van der Waals surface area contributed by atoms with E-state index in [0.29, 0.717) is 11.3 Å². The van der Waals surface area contributed by atoms with Gasteiger partial charge in [-0.2, -0.15) is 0 Å². The maximum Gasteiger partial charge on any atom is 0.255 e. The summed E-state index contributed by atoms with van der Waals surface area (Å²) in [5.41, 5.74) is 0.308. The van der Waals surface area contributed by atoms with Crippen LogP contribution in [-0.4, -0.2) is 25.0 Å². The first-order chi connectivity index (χ1) is 12.3. The highest BCUT2D eigenvalue weighted by atomic mass is 35.5. The molecule has 0 radical (unpaired) electrons. The van der Waals surface area contributed by atoms with E-state index in [9.17, 15) is 14.0 Å². The van der Waals surface area contributed by atoms with Crippen LogP contribution in [0.25, 0.3) is 0 Å². The van der Waals surface area contributed by atoms with Gasteiger partial charge in [-0.1, -0.05) is 37.6 Å². The molecule has 26 heavy (non-hydrogen) atoms. The Bertz CT molecular complexity index is 811. The minimum Gasteiger partial charge on any atom is -0.496 e. The Hall–Kier alpha value is -2.60. The van der Waals surface area contributed by atoms with E-state index in [0.717, 1.165) is 6.07 Å². The lowest BCUT2D eigenvalue weighted by atomic mass is 10.0. The molecule has 2 N–H and O–H groups in total. The molecule has 0 aliphatic rings. The number of para-hydroxylation sites is 1. The standard InChI is InChI=1S/C19H20ClFN2O3/c1-11(2)17(19(25)22-15-9-8-12(20)10-14(15)21)23-18(24)13-6-4-5-7-16(13)26-3/h4-11,17H,1-3H3,(H,22,25)(H,23,24).